The molecule has 2 aliphatic heterocycles. The van der Waals surface area contributed by atoms with Crippen molar-refractivity contribution in [3.05, 3.63) is 35.9 Å². The van der Waals surface area contributed by atoms with Gasteiger partial charge in [0.25, 0.3) is 0 Å². The summed E-state index contributed by atoms with van der Waals surface area (Å²) in [6.45, 7) is 12.1. The number of hydrogen-bond acceptors (Lipinski definition) is 8. The van der Waals surface area contributed by atoms with Crippen LogP contribution in [0.25, 0.3) is 0 Å². The van der Waals surface area contributed by atoms with Crippen LogP contribution in [-0.2, 0) is 28.7 Å². The van der Waals surface area contributed by atoms with E-state index in [2.05, 4.69) is 29.8 Å². The first-order chi connectivity index (χ1) is 24.7. The van der Waals surface area contributed by atoms with Gasteiger partial charge in [0, 0.05) is 33.9 Å². The summed E-state index contributed by atoms with van der Waals surface area (Å²) in [5.41, 5.74) is 0.715. The molecule has 1 aromatic rings. The van der Waals surface area contributed by atoms with E-state index in [1.807, 2.05) is 44.2 Å². The molecule has 12 atom stereocenters. The number of ether oxygens (including phenoxy) is 2. The number of likely N-dealkylation sites (tertiary alicyclic amines) is 1. The van der Waals surface area contributed by atoms with Crippen molar-refractivity contribution in [3.8, 4) is 0 Å². The highest BCUT2D eigenvalue weighted by Crippen LogP contribution is 2.35. The first kappa shape index (κ1) is 41.7. The lowest BCUT2D eigenvalue weighted by Gasteiger charge is -2.41. The van der Waals surface area contributed by atoms with Crippen LogP contribution in [0.5, 0.6) is 0 Å². The minimum atomic E-state index is -0.871. The standard InChI is InChI=1S/C40H65N5O7/c1-10-24(4)35(44(7)40(50)33(23(2)3)43-39(49)34-28-18-19-29(21-28)42-34)31(51-8)22-32(46)45-20-14-17-30(45)37(52-9)25(5)38(48)41-26(6)36(47)27-15-12-11-13-16-27/h11-13,15-16,23-26,28-31,33-37,42,47H,10,14,17-22H2,1-9H3,(H,41,48)(H,43,49)/t24-,25+,26+,28?,29-,30-,31+,33-,34?,35-,36+,37+/m0/s1. The zero-order valence-electron chi connectivity index (χ0n) is 32.8. The number of nitrogens with one attached hydrogen (secondary N) is 3. The van der Waals surface area contributed by atoms with Gasteiger partial charge in [-0.05, 0) is 62.3 Å². The Kier molecular flexibility index (Phi) is 15.1. The van der Waals surface area contributed by atoms with Crippen molar-refractivity contribution in [2.45, 2.75) is 141 Å². The summed E-state index contributed by atoms with van der Waals surface area (Å²) in [7, 11) is 4.89. The quantitative estimate of drug-likeness (QED) is 0.180. The highest BCUT2D eigenvalue weighted by molar-refractivity contribution is 5.90. The van der Waals surface area contributed by atoms with Gasteiger partial charge in [-0.25, -0.2) is 0 Å². The SMILES string of the molecule is CC[C@H](C)[C@@H]([C@@H](CC(=O)N1CCC[C@H]1[C@H](OC)[C@@H](C)C(=O)N[C@H](C)[C@@H](O)c1ccccc1)OC)N(C)C(=O)[C@@H](NC(=O)C1N[C@H]2CCC1C2)C(C)C. The van der Waals surface area contributed by atoms with Crippen LogP contribution in [0.1, 0.15) is 98.2 Å². The Morgan fingerprint density at radius 3 is 2.25 bits per heavy atom. The molecule has 3 fully saturated rings. The Bertz CT molecular complexity index is 1350. The molecule has 0 spiro atoms. The summed E-state index contributed by atoms with van der Waals surface area (Å²) in [4.78, 5) is 58.7. The number of benzene rings is 1. The Labute approximate surface area is 311 Å². The summed E-state index contributed by atoms with van der Waals surface area (Å²) in [5.74, 6) is -1.13. The molecule has 4 rings (SSSR count). The Morgan fingerprint density at radius 2 is 1.69 bits per heavy atom. The Hall–Kier alpha value is -3.06. The fourth-order valence-corrected chi connectivity index (χ4v) is 8.81. The second-order valence-corrected chi connectivity index (χ2v) is 15.9. The number of aliphatic hydroxyl groups is 1. The van der Waals surface area contributed by atoms with Crippen molar-refractivity contribution in [2.24, 2.45) is 23.7 Å². The number of carbonyl (C=O) groups excluding carboxylic acids is 4. The van der Waals surface area contributed by atoms with Gasteiger partial charge in [-0.3, -0.25) is 19.2 Å². The smallest absolute Gasteiger partial charge is 0.245 e. The summed E-state index contributed by atoms with van der Waals surface area (Å²) in [5, 5.41) is 20.3. The number of piperidine rings is 1. The van der Waals surface area contributed by atoms with Crippen molar-refractivity contribution in [1.82, 2.24) is 25.8 Å². The number of nitrogens with zero attached hydrogens (tertiary/aromatic N) is 2. The molecule has 12 nitrogen and oxygen atoms in total. The van der Waals surface area contributed by atoms with Gasteiger partial charge >= 0.3 is 0 Å². The summed E-state index contributed by atoms with van der Waals surface area (Å²) < 4.78 is 11.9. The molecule has 0 radical (unpaired) electrons. The molecule has 3 aliphatic rings. The number of fused-ring (bicyclic) bond motifs is 2. The van der Waals surface area contributed by atoms with Crippen LogP contribution in [0, 0.1) is 23.7 Å². The van der Waals surface area contributed by atoms with Gasteiger partial charge in [0.15, 0.2) is 0 Å². The Balaban J connectivity index is 1.44. The van der Waals surface area contributed by atoms with E-state index in [0.29, 0.717) is 30.5 Å². The van der Waals surface area contributed by atoms with E-state index in [9.17, 15) is 24.3 Å². The molecular formula is C40H65N5O7. The predicted octanol–water partition coefficient (Wildman–Crippen LogP) is 3.43. The summed E-state index contributed by atoms with van der Waals surface area (Å²) in [6, 6.07) is 7.32. The molecule has 292 valence electrons. The summed E-state index contributed by atoms with van der Waals surface area (Å²) >= 11 is 0. The van der Waals surface area contributed by atoms with E-state index in [4.69, 9.17) is 9.47 Å². The van der Waals surface area contributed by atoms with Crippen molar-refractivity contribution in [3.63, 3.8) is 0 Å². The van der Waals surface area contributed by atoms with Crippen molar-refractivity contribution < 1.29 is 33.8 Å². The number of rotatable bonds is 18. The van der Waals surface area contributed by atoms with Gasteiger partial charge in [0.05, 0.1) is 54.8 Å². The lowest BCUT2D eigenvalue weighted by molar-refractivity contribution is -0.148. The van der Waals surface area contributed by atoms with Gasteiger partial charge in [-0.2, -0.15) is 0 Å². The number of carbonyl (C=O) groups is 4. The third-order valence-electron chi connectivity index (χ3n) is 12.1. The largest absolute Gasteiger partial charge is 0.386 e. The van der Waals surface area contributed by atoms with Crippen molar-refractivity contribution in [2.75, 3.05) is 27.8 Å². The average Bonchev–Trinajstić information content (AvgIpc) is 3.92. The molecule has 1 aliphatic carbocycles. The molecule has 1 aromatic carbocycles. The summed E-state index contributed by atoms with van der Waals surface area (Å²) in [6.07, 6.45) is 3.34. The second-order valence-electron chi connectivity index (χ2n) is 15.9. The van der Waals surface area contributed by atoms with Gasteiger partial charge in [0.2, 0.25) is 23.6 Å². The molecule has 52 heavy (non-hydrogen) atoms. The zero-order chi connectivity index (χ0) is 38.3. The van der Waals surface area contributed by atoms with E-state index in [-0.39, 0.29) is 54.0 Å². The molecule has 12 heteroatoms. The molecule has 0 aromatic heterocycles. The van der Waals surface area contributed by atoms with E-state index in [1.165, 1.54) is 0 Å². The molecule has 4 N–H and O–H groups in total. The van der Waals surface area contributed by atoms with Crippen molar-refractivity contribution >= 4 is 23.6 Å². The molecule has 2 unspecified atom stereocenters. The van der Waals surface area contributed by atoms with E-state index in [1.54, 1.807) is 44.9 Å². The van der Waals surface area contributed by atoms with Crippen LogP contribution < -0.4 is 16.0 Å². The van der Waals surface area contributed by atoms with Crippen LogP contribution in [0.15, 0.2) is 30.3 Å². The van der Waals surface area contributed by atoms with Gasteiger partial charge < -0.3 is 40.3 Å². The van der Waals surface area contributed by atoms with Crippen LogP contribution in [0.4, 0.5) is 0 Å². The number of methoxy groups -OCH3 is 2. The van der Waals surface area contributed by atoms with Gasteiger partial charge in [-0.1, -0.05) is 71.4 Å². The lowest BCUT2D eigenvalue weighted by Crippen LogP contribution is -2.59. The average molecular weight is 728 g/mol. The number of amides is 4. The molecule has 2 saturated heterocycles. The molecular weight excluding hydrogens is 662 g/mol. The maximum absolute atomic E-state index is 14.2. The minimum absolute atomic E-state index is 0.000454. The molecule has 1 saturated carbocycles. The minimum Gasteiger partial charge on any atom is -0.386 e. The molecule has 4 amide bonds. The van der Waals surface area contributed by atoms with Crippen LogP contribution in [0.3, 0.4) is 0 Å². The van der Waals surface area contributed by atoms with Gasteiger partial charge in [-0.15, -0.1) is 0 Å². The predicted molar refractivity (Wildman–Crippen MR) is 200 cm³/mol. The second kappa shape index (κ2) is 18.8. The Morgan fingerprint density at radius 1 is 1.00 bits per heavy atom. The first-order valence-corrected chi connectivity index (χ1v) is 19.4. The first-order valence-electron chi connectivity index (χ1n) is 19.4. The van der Waals surface area contributed by atoms with Crippen molar-refractivity contribution in [1.29, 1.82) is 0 Å². The van der Waals surface area contributed by atoms with E-state index in [0.717, 1.165) is 32.1 Å². The third kappa shape index (κ3) is 9.53. The number of hydrogen-bond donors (Lipinski definition) is 4. The monoisotopic (exact) mass is 727 g/mol. The fourth-order valence-electron chi connectivity index (χ4n) is 8.81. The third-order valence-corrected chi connectivity index (χ3v) is 12.1. The fraction of sp³-hybridized carbons (Fsp3) is 0.750. The maximum atomic E-state index is 14.2. The molecule has 2 heterocycles. The molecule has 2 bridgehead atoms. The highest BCUT2D eigenvalue weighted by atomic mass is 16.5. The van der Waals surface area contributed by atoms with Gasteiger partial charge in [0.1, 0.15) is 6.04 Å². The number of likely N-dealkylation sites (N-methyl/N-ethyl adjacent to an activating group) is 1. The van der Waals surface area contributed by atoms with E-state index < -0.39 is 42.4 Å². The topological polar surface area (TPSA) is 150 Å². The van der Waals surface area contributed by atoms with Crippen LogP contribution >= 0.6 is 0 Å². The van der Waals surface area contributed by atoms with Crippen LogP contribution in [0.2, 0.25) is 0 Å². The maximum Gasteiger partial charge on any atom is 0.245 e. The van der Waals surface area contributed by atoms with Crippen LogP contribution in [-0.4, -0.2) is 115 Å². The normalized spacial score (nSPS) is 25.9. The number of aliphatic hydroxyl groups excluding tert-OH is 1. The zero-order valence-corrected chi connectivity index (χ0v) is 32.8. The lowest BCUT2D eigenvalue weighted by atomic mass is 9.89. The highest BCUT2D eigenvalue weighted by Gasteiger charge is 2.46. The van der Waals surface area contributed by atoms with E-state index >= 15 is 0 Å².